The second kappa shape index (κ2) is 30.9. The van der Waals surface area contributed by atoms with Gasteiger partial charge in [-0.1, -0.05) is 74.1 Å². The average Bonchev–Trinajstić information content (AvgIpc) is 4.27. The Morgan fingerprint density at radius 3 is 2.27 bits per heavy atom. The average molecular weight is 1050 g/mol. The van der Waals surface area contributed by atoms with E-state index in [9.17, 15) is 14.0 Å². The van der Waals surface area contributed by atoms with Crippen LogP contribution in [-0.2, 0) is 27.9 Å². The van der Waals surface area contributed by atoms with Crippen molar-refractivity contribution in [3.8, 4) is 11.6 Å². The number of amides is 2. The normalized spacial score (nSPS) is 15.1. The summed E-state index contributed by atoms with van der Waals surface area (Å²) in [5.74, 6) is 3.03. The fourth-order valence-electron chi connectivity index (χ4n) is 8.21. The number of nitrogens with zero attached hydrogens (tertiary/aromatic N) is 11. The van der Waals surface area contributed by atoms with Crippen molar-refractivity contribution in [2.24, 2.45) is 7.05 Å². The molecule has 75 heavy (non-hydrogen) atoms. The van der Waals surface area contributed by atoms with Gasteiger partial charge in [0.2, 0.25) is 17.8 Å². The zero-order chi connectivity index (χ0) is 55.1. The SMILES string of the molecule is CC.CC.CCCC.CCCNC(=O)c1ccc(Nc2ncc3c(n2)N(C2CCCC2)CC(=O)N3C)c(OC)c1.CCOCCC(C)(C)OCCn1cc(Nc2nc(N3CCC(F)C3)nc3c2ncn3C)c(OC)n1. The summed E-state index contributed by atoms with van der Waals surface area (Å²) < 4.78 is 39.9. The van der Waals surface area contributed by atoms with Gasteiger partial charge in [0, 0.05) is 52.0 Å². The number of rotatable bonds is 20. The highest BCUT2D eigenvalue weighted by molar-refractivity contribution is 6.02. The Hall–Kier alpha value is -6.35. The molecule has 416 valence electrons. The minimum absolute atomic E-state index is 0.0484. The molecule has 6 heterocycles. The molecule has 1 saturated carbocycles. The third kappa shape index (κ3) is 17.1. The van der Waals surface area contributed by atoms with Crippen LogP contribution >= 0.6 is 0 Å². The summed E-state index contributed by atoms with van der Waals surface area (Å²) in [7, 11) is 6.75. The summed E-state index contributed by atoms with van der Waals surface area (Å²) in [6.45, 7) is 24.7. The molecule has 4 aromatic heterocycles. The van der Waals surface area contributed by atoms with Crippen molar-refractivity contribution in [3.05, 3.63) is 42.5 Å². The molecule has 5 aromatic rings. The predicted octanol–water partition coefficient (Wildman–Crippen LogP) is 10.0. The maximum absolute atomic E-state index is 13.8. The largest absolute Gasteiger partial charge is 0.495 e. The third-order valence-electron chi connectivity index (χ3n) is 12.6. The molecule has 20 nitrogen and oxygen atoms in total. The van der Waals surface area contributed by atoms with Crippen LogP contribution in [0.2, 0.25) is 0 Å². The van der Waals surface area contributed by atoms with Gasteiger partial charge in [-0.3, -0.25) is 14.3 Å². The molecule has 3 aliphatic rings. The van der Waals surface area contributed by atoms with E-state index in [2.05, 4.69) is 73.6 Å². The van der Waals surface area contributed by atoms with Crippen LogP contribution in [0.4, 0.5) is 45.0 Å². The maximum atomic E-state index is 13.8. The molecule has 21 heteroatoms. The number of halogens is 1. The minimum Gasteiger partial charge on any atom is -0.495 e. The summed E-state index contributed by atoms with van der Waals surface area (Å²) in [4.78, 5) is 53.3. The molecule has 2 fully saturated rings. The lowest BCUT2D eigenvalue weighted by Gasteiger charge is -2.37. The number of hydrogen-bond acceptors (Lipinski definition) is 16. The van der Waals surface area contributed by atoms with Crippen molar-refractivity contribution < 1.29 is 32.9 Å². The molecule has 2 amide bonds. The zero-order valence-electron chi connectivity index (χ0n) is 47.4. The Morgan fingerprint density at radius 1 is 0.893 bits per heavy atom. The predicted molar refractivity (Wildman–Crippen MR) is 298 cm³/mol. The van der Waals surface area contributed by atoms with Gasteiger partial charge in [0.25, 0.3) is 11.8 Å². The number of methoxy groups -OCH3 is 2. The Morgan fingerprint density at radius 2 is 1.63 bits per heavy atom. The third-order valence-corrected chi connectivity index (χ3v) is 12.6. The molecule has 0 radical (unpaired) electrons. The molecule has 2 aliphatic heterocycles. The Bertz CT molecular complexity index is 2510. The number of alkyl halides is 1. The number of likely N-dealkylation sites (N-methyl/N-ethyl adjacent to an activating group) is 1. The number of benzene rings is 1. The molecule has 3 N–H and O–H groups in total. The second-order valence-corrected chi connectivity index (χ2v) is 18.4. The number of anilines is 7. The van der Waals surface area contributed by atoms with Gasteiger partial charge >= 0.3 is 0 Å². The number of carbonyl (C=O) groups excluding carboxylic acids is 2. The Balaban J connectivity index is 0.000000286. The van der Waals surface area contributed by atoms with Crippen LogP contribution in [0.5, 0.6) is 11.6 Å². The van der Waals surface area contributed by atoms with Crippen LogP contribution < -0.4 is 40.1 Å². The molecule has 1 aliphatic carbocycles. The fourth-order valence-corrected chi connectivity index (χ4v) is 8.21. The number of fused-ring (bicyclic) bond motifs is 2. The number of unbranched alkanes of at least 4 members (excludes halogenated alkanes) is 1. The van der Waals surface area contributed by atoms with E-state index in [0.717, 1.165) is 31.5 Å². The van der Waals surface area contributed by atoms with E-state index in [0.29, 0.717) is 122 Å². The number of nitrogens with one attached hydrogen (secondary N) is 3. The molecule has 0 bridgehead atoms. The van der Waals surface area contributed by atoms with Crippen molar-refractivity contribution in [2.75, 3.05) is 92.6 Å². The first kappa shape index (κ1) is 61.2. The van der Waals surface area contributed by atoms with E-state index < -0.39 is 6.17 Å². The number of carbonyl (C=O) groups is 2. The van der Waals surface area contributed by atoms with Gasteiger partial charge < -0.3 is 54.2 Å². The summed E-state index contributed by atoms with van der Waals surface area (Å²) in [6, 6.07) is 5.55. The van der Waals surface area contributed by atoms with E-state index in [1.54, 1.807) is 61.6 Å². The van der Waals surface area contributed by atoms with Gasteiger partial charge in [-0.05, 0) is 71.1 Å². The van der Waals surface area contributed by atoms with Crippen LogP contribution in [0.25, 0.3) is 11.2 Å². The van der Waals surface area contributed by atoms with Gasteiger partial charge in [-0.2, -0.15) is 15.0 Å². The summed E-state index contributed by atoms with van der Waals surface area (Å²) in [5.41, 5.74) is 3.53. The van der Waals surface area contributed by atoms with Crippen molar-refractivity contribution >= 4 is 63.6 Å². The molecular formula is C54H87FN14O6. The van der Waals surface area contributed by atoms with E-state index >= 15 is 0 Å². The van der Waals surface area contributed by atoms with Gasteiger partial charge in [-0.25, -0.2) is 14.4 Å². The molecule has 8 rings (SSSR count). The van der Waals surface area contributed by atoms with Crippen LogP contribution in [0.15, 0.2) is 36.9 Å². The first-order valence-electron chi connectivity index (χ1n) is 27.0. The first-order chi connectivity index (χ1) is 36.2. The number of ether oxygens (including phenoxy) is 4. The van der Waals surface area contributed by atoms with Crippen molar-refractivity contribution in [1.82, 2.24) is 44.6 Å². The lowest BCUT2D eigenvalue weighted by Crippen LogP contribution is -2.48. The number of imidazole rings is 1. The number of aryl methyl sites for hydroxylation is 1. The molecular weight excluding hydrogens is 960 g/mol. The monoisotopic (exact) mass is 1050 g/mol. The topological polar surface area (TPSA) is 204 Å². The smallest absolute Gasteiger partial charge is 0.256 e. The molecule has 1 saturated heterocycles. The van der Waals surface area contributed by atoms with Crippen LogP contribution in [0.1, 0.15) is 137 Å². The highest BCUT2D eigenvalue weighted by Crippen LogP contribution is 2.38. The highest BCUT2D eigenvalue weighted by atomic mass is 19.1. The lowest BCUT2D eigenvalue weighted by molar-refractivity contribution is -0.117. The summed E-state index contributed by atoms with van der Waals surface area (Å²) in [5, 5.41) is 13.9. The van der Waals surface area contributed by atoms with Crippen LogP contribution in [0.3, 0.4) is 0 Å². The number of aromatic nitrogens is 8. The first-order valence-corrected chi connectivity index (χ1v) is 27.0. The minimum atomic E-state index is -0.873. The van der Waals surface area contributed by atoms with E-state index in [-0.39, 0.29) is 24.0 Å². The Kier molecular flexibility index (Phi) is 25.2. The summed E-state index contributed by atoms with van der Waals surface area (Å²) >= 11 is 0. The highest BCUT2D eigenvalue weighted by Gasteiger charge is 2.35. The zero-order valence-corrected chi connectivity index (χ0v) is 47.4. The van der Waals surface area contributed by atoms with Crippen molar-refractivity contribution in [2.45, 2.75) is 151 Å². The Labute approximate surface area is 444 Å². The van der Waals surface area contributed by atoms with Gasteiger partial charge in [-0.15, -0.1) is 5.10 Å². The molecule has 1 aromatic carbocycles. The van der Waals surface area contributed by atoms with Gasteiger partial charge in [0.05, 0.1) is 70.5 Å². The van der Waals surface area contributed by atoms with E-state index in [4.69, 9.17) is 23.9 Å². The maximum Gasteiger partial charge on any atom is 0.256 e. The van der Waals surface area contributed by atoms with Crippen molar-refractivity contribution in [3.63, 3.8) is 0 Å². The lowest BCUT2D eigenvalue weighted by atomic mass is 10.1. The van der Waals surface area contributed by atoms with Gasteiger partial charge in [0.1, 0.15) is 23.3 Å². The van der Waals surface area contributed by atoms with Crippen LogP contribution in [0, 0.1) is 0 Å². The second-order valence-electron chi connectivity index (χ2n) is 18.4. The standard InChI is InChI=1S/C23H35FN8O3.C23H30N6O3.C4H10.2C2H6/c1-6-34-11-8-23(2,3)35-12-10-32-14-17(21(29-32)33-5)26-19-18-20(30(4)15-25-18)28-22(27-19)31-9-7-16(24)13-31;1-4-11-24-22(31)15-9-10-17(19(12-15)32-3)26-23-25-13-18-21(27-23)29(14-20(30)28(18)2)16-7-5-6-8-16;1-3-4-2;2*1-2/h14-16H,6-13H2,1-5H3,(H,26,27,28);9-10,12-13,16H,4-8,11,14H2,1-3H3,(H,24,31)(H,25,26,27);3-4H2,1-2H3;2*1-2H3. The van der Waals surface area contributed by atoms with E-state index in [1.807, 2.05) is 64.3 Å². The molecule has 1 atom stereocenters. The molecule has 1 unspecified atom stereocenters. The summed E-state index contributed by atoms with van der Waals surface area (Å²) in [6.07, 6.45) is 13.6. The van der Waals surface area contributed by atoms with Crippen molar-refractivity contribution in [1.29, 1.82) is 0 Å². The fraction of sp³-hybridized carbons (Fsp3) is 0.630. The number of hydrogen-bond donors (Lipinski definition) is 3. The van der Waals surface area contributed by atoms with Gasteiger partial charge in [0.15, 0.2) is 22.8 Å². The van der Waals surface area contributed by atoms with E-state index in [1.165, 1.54) is 25.7 Å². The molecule has 0 spiro atoms. The van der Waals surface area contributed by atoms with Crippen LogP contribution in [-0.4, -0.2) is 136 Å². The quantitative estimate of drug-likeness (QED) is 0.0621.